The Hall–Kier alpha value is -1.28. The van der Waals surface area contributed by atoms with Crippen molar-refractivity contribution < 1.29 is 14.3 Å². The Bertz CT molecular complexity index is 700. The molecule has 0 aromatic carbocycles. The van der Waals surface area contributed by atoms with Crippen molar-refractivity contribution >= 4 is 23.0 Å². The Morgan fingerprint density at radius 3 is 2.50 bits per heavy atom. The lowest BCUT2D eigenvalue weighted by Crippen LogP contribution is -2.46. The predicted octanol–water partition coefficient (Wildman–Crippen LogP) is 3.24. The van der Waals surface area contributed by atoms with Crippen molar-refractivity contribution in [3.8, 4) is 0 Å². The first-order valence-corrected chi connectivity index (χ1v) is 12.2. The molecule has 0 N–H and O–H groups in total. The van der Waals surface area contributed by atoms with Gasteiger partial charge in [-0.3, -0.25) is 14.5 Å². The first-order chi connectivity index (χ1) is 14.5. The van der Waals surface area contributed by atoms with Crippen LogP contribution in [0.4, 0.5) is 0 Å². The molecule has 2 aliphatic heterocycles. The van der Waals surface area contributed by atoms with Gasteiger partial charge in [-0.2, -0.15) is 0 Å². The maximum Gasteiger partial charge on any atom is 0.264 e. The number of ether oxygens (including phenoxy) is 1. The van der Waals surface area contributed by atoms with Crippen molar-refractivity contribution in [3.63, 3.8) is 0 Å². The van der Waals surface area contributed by atoms with E-state index in [4.69, 9.17) is 4.74 Å². The van der Waals surface area contributed by atoms with Gasteiger partial charge >= 0.3 is 0 Å². The molecule has 3 heterocycles. The molecule has 0 unspecified atom stereocenters. The van der Waals surface area contributed by atoms with E-state index in [1.54, 1.807) is 20.1 Å². The molecule has 2 saturated heterocycles. The Morgan fingerprint density at radius 2 is 1.87 bits per heavy atom. The molecule has 0 saturated carbocycles. The smallest absolute Gasteiger partial charge is 0.264 e. The van der Waals surface area contributed by atoms with Gasteiger partial charge in [-0.25, -0.2) is 0 Å². The average molecular weight is 436 g/mol. The summed E-state index contributed by atoms with van der Waals surface area (Å²) in [5.74, 6) is 0.663. The second kappa shape index (κ2) is 11.4. The average Bonchev–Trinajstić information content (AvgIpc) is 3.42. The molecule has 1 aromatic heterocycles. The number of methoxy groups -OCH3 is 1. The van der Waals surface area contributed by atoms with Gasteiger partial charge in [0.05, 0.1) is 16.4 Å². The summed E-state index contributed by atoms with van der Waals surface area (Å²) < 4.78 is 5.21. The third-order valence-electron chi connectivity index (χ3n) is 6.58. The maximum atomic E-state index is 13.4. The van der Waals surface area contributed by atoms with Crippen molar-refractivity contribution in [2.75, 3.05) is 59.5 Å². The van der Waals surface area contributed by atoms with Crippen molar-refractivity contribution in [1.29, 1.82) is 0 Å². The maximum absolute atomic E-state index is 13.4. The molecule has 30 heavy (non-hydrogen) atoms. The highest BCUT2D eigenvalue weighted by Crippen LogP contribution is 2.25. The van der Waals surface area contributed by atoms with Crippen LogP contribution in [-0.4, -0.2) is 92.0 Å². The summed E-state index contributed by atoms with van der Waals surface area (Å²) in [6.07, 6.45) is 4.62. The van der Waals surface area contributed by atoms with Crippen LogP contribution < -0.4 is 0 Å². The van der Waals surface area contributed by atoms with Gasteiger partial charge in [0, 0.05) is 32.8 Å². The lowest BCUT2D eigenvalue weighted by Gasteiger charge is -2.36. The number of nitrogens with zero attached hydrogens (tertiary/aromatic N) is 3. The van der Waals surface area contributed by atoms with E-state index in [0.717, 1.165) is 71.7 Å². The Labute approximate surface area is 185 Å². The molecule has 3 rings (SSSR count). The van der Waals surface area contributed by atoms with Gasteiger partial charge in [0.25, 0.3) is 5.91 Å². The standard InChI is InChI=1S/C23H37N3O3S/c1-4-25-11-5-6-20(25)17-26(23(28)22-8-7-21(30-22)18(2)27)16-19-9-12-24(13-10-19)14-15-29-3/h7-8,19-20H,4-6,9-17H2,1-3H3/t20-/m0/s1. The lowest BCUT2D eigenvalue weighted by atomic mass is 9.95. The zero-order valence-corrected chi connectivity index (χ0v) is 19.6. The summed E-state index contributed by atoms with van der Waals surface area (Å²) >= 11 is 1.34. The fraction of sp³-hybridized carbons (Fsp3) is 0.739. The van der Waals surface area contributed by atoms with Crippen molar-refractivity contribution in [2.45, 2.75) is 45.6 Å². The first kappa shape index (κ1) is 23.4. The monoisotopic (exact) mass is 435 g/mol. The lowest BCUT2D eigenvalue weighted by molar-refractivity contribution is 0.0621. The molecular weight excluding hydrogens is 398 g/mol. The Kier molecular flexibility index (Phi) is 8.86. The van der Waals surface area contributed by atoms with Crippen molar-refractivity contribution in [2.24, 2.45) is 5.92 Å². The van der Waals surface area contributed by atoms with Gasteiger partial charge in [-0.15, -0.1) is 11.3 Å². The summed E-state index contributed by atoms with van der Waals surface area (Å²) in [5.41, 5.74) is 0. The van der Waals surface area contributed by atoms with Gasteiger partial charge < -0.3 is 14.5 Å². The van der Waals surface area contributed by atoms with E-state index < -0.39 is 0 Å². The van der Waals surface area contributed by atoms with Crippen LogP contribution in [0.2, 0.25) is 0 Å². The van der Waals surface area contributed by atoms with Gasteiger partial charge in [0.15, 0.2) is 5.78 Å². The topological polar surface area (TPSA) is 53.1 Å². The number of likely N-dealkylation sites (tertiary alicyclic amines) is 2. The fourth-order valence-electron chi connectivity index (χ4n) is 4.74. The minimum Gasteiger partial charge on any atom is -0.383 e. The fourth-order valence-corrected chi connectivity index (χ4v) is 5.60. The number of carbonyl (C=O) groups excluding carboxylic acids is 2. The van der Waals surface area contributed by atoms with E-state index in [0.29, 0.717) is 21.7 Å². The van der Waals surface area contributed by atoms with Crippen LogP contribution in [0.5, 0.6) is 0 Å². The molecule has 2 aliphatic rings. The van der Waals surface area contributed by atoms with Gasteiger partial charge in [-0.1, -0.05) is 6.92 Å². The summed E-state index contributed by atoms with van der Waals surface area (Å²) in [5, 5.41) is 0. The van der Waals surface area contributed by atoms with Gasteiger partial charge in [0.2, 0.25) is 0 Å². The van der Waals surface area contributed by atoms with E-state index in [1.807, 2.05) is 6.07 Å². The molecule has 0 bridgehead atoms. The highest BCUT2D eigenvalue weighted by molar-refractivity contribution is 7.15. The summed E-state index contributed by atoms with van der Waals surface area (Å²) in [6, 6.07) is 4.07. The quantitative estimate of drug-likeness (QED) is 0.528. The van der Waals surface area contributed by atoms with E-state index in [9.17, 15) is 9.59 Å². The number of hydrogen-bond acceptors (Lipinski definition) is 6. The van der Waals surface area contributed by atoms with E-state index in [-0.39, 0.29) is 11.7 Å². The van der Waals surface area contributed by atoms with Crippen LogP contribution in [0.1, 0.15) is 58.9 Å². The second-order valence-corrected chi connectivity index (χ2v) is 9.72. The number of rotatable bonds is 10. The van der Waals surface area contributed by atoms with Crippen molar-refractivity contribution in [3.05, 3.63) is 21.9 Å². The molecule has 1 aromatic rings. The second-order valence-electron chi connectivity index (χ2n) is 8.63. The zero-order chi connectivity index (χ0) is 21.5. The third kappa shape index (κ3) is 6.13. The summed E-state index contributed by atoms with van der Waals surface area (Å²) in [7, 11) is 1.75. The number of carbonyl (C=O) groups is 2. The van der Waals surface area contributed by atoms with Crippen LogP contribution in [0.15, 0.2) is 12.1 Å². The Balaban J connectivity index is 1.66. The summed E-state index contributed by atoms with van der Waals surface area (Å²) in [6.45, 7) is 11.5. The highest BCUT2D eigenvalue weighted by Gasteiger charge is 2.30. The normalized spacial score (nSPS) is 21.2. The first-order valence-electron chi connectivity index (χ1n) is 11.4. The molecule has 2 fully saturated rings. The molecule has 6 nitrogen and oxygen atoms in total. The van der Waals surface area contributed by atoms with Gasteiger partial charge in [-0.05, 0) is 76.8 Å². The van der Waals surface area contributed by atoms with E-state index in [2.05, 4.69) is 21.6 Å². The number of hydrogen-bond donors (Lipinski definition) is 0. The van der Waals surface area contributed by atoms with Gasteiger partial charge in [0.1, 0.15) is 0 Å². The number of piperidine rings is 1. The molecular formula is C23H37N3O3S. The predicted molar refractivity (Wildman–Crippen MR) is 122 cm³/mol. The minimum absolute atomic E-state index is 0.0296. The molecule has 0 aliphatic carbocycles. The minimum atomic E-state index is 0.0296. The van der Waals surface area contributed by atoms with Crippen LogP contribution in [-0.2, 0) is 4.74 Å². The Morgan fingerprint density at radius 1 is 1.13 bits per heavy atom. The van der Waals surface area contributed by atoms with Crippen molar-refractivity contribution in [1.82, 2.24) is 14.7 Å². The van der Waals surface area contributed by atoms with Crippen LogP contribution in [0.3, 0.4) is 0 Å². The summed E-state index contributed by atoms with van der Waals surface area (Å²) in [4.78, 5) is 33.5. The third-order valence-corrected chi connectivity index (χ3v) is 7.76. The van der Waals surface area contributed by atoms with E-state index in [1.165, 1.54) is 17.8 Å². The molecule has 1 atom stereocenters. The molecule has 1 amide bonds. The van der Waals surface area contributed by atoms with Crippen LogP contribution >= 0.6 is 11.3 Å². The molecule has 168 valence electrons. The molecule has 0 radical (unpaired) electrons. The number of Topliss-reactive ketones (excluding diaryl/α,β-unsaturated/α-hetero) is 1. The SMILES string of the molecule is CCN1CCC[C@H]1CN(CC1CCN(CCOC)CC1)C(=O)c1ccc(C(C)=O)s1. The number of ketones is 1. The number of amides is 1. The number of thiophene rings is 1. The zero-order valence-electron chi connectivity index (χ0n) is 18.8. The van der Waals surface area contributed by atoms with Crippen LogP contribution in [0.25, 0.3) is 0 Å². The molecule has 7 heteroatoms. The highest BCUT2D eigenvalue weighted by atomic mass is 32.1. The van der Waals surface area contributed by atoms with E-state index >= 15 is 0 Å². The molecule has 0 spiro atoms. The number of likely N-dealkylation sites (N-methyl/N-ethyl adjacent to an activating group) is 1. The van der Waals surface area contributed by atoms with Crippen LogP contribution in [0, 0.1) is 5.92 Å². The largest absolute Gasteiger partial charge is 0.383 e.